The molecule has 1 aromatic heterocycles. The molecule has 0 radical (unpaired) electrons. The predicted molar refractivity (Wildman–Crippen MR) is 76.2 cm³/mol. The highest BCUT2D eigenvalue weighted by molar-refractivity contribution is 5.85. The SMILES string of the molecule is CN(C)CCn1nnc2c1CC(C(=O)O)CC2.Cl.Cl. The monoisotopic (exact) mass is 310 g/mol. The standard InChI is InChI=1S/C11H18N4O2.2ClH/c1-14(2)5-6-15-10-7-8(11(16)17)3-4-9(10)12-13-15;;/h8H,3-7H2,1-2H3,(H,16,17);2*1H. The summed E-state index contributed by atoms with van der Waals surface area (Å²) in [6.45, 7) is 1.65. The zero-order valence-corrected chi connectivity index (χ0v) is 12.7. The molecule has 0 spiro atoms. The van der Waals surface area contributed by atoms with Crippen molar-refractivity contribution in [3.63, 3.8) is 0 Å². The van der Waals surface area contributed by atoms with Gasteiger partial charge in [-0.3, -0.25) is 4.79 Å². The van der Waals surface area contributed by atoms with E-state index in [2.05, 4.69) is 15.2 Å². The van der Waals surface area contributed by atoms with Gasteiger partial charge in [-0.15, -0.1) is 29.9 Å². The van der Waals surface area contributed by atoms with Crippen LogP contribution in [0.3, 0.4) is 0 Å². The minimum atomic E-state index is -0.712. The number of hydrogen-bond acceptors (Lipinski definition) is 4. The van der Waals surface area contributed by atoms with Gasteiger partial charge in [0.25, 0.3) is 0 Å². The lowest BCUT2D eigenvalue weighted by atomic mass is 9.90. The van der Waals surface area contributed by atoms with E-state index in [4.69, 9.17) is 5.11 Å². The molecule has 1 aromatic rings. The molecule has 19 heavy (non-hydrogen) atoms. The zero-order chi connectivity index (χ0) is 12.4. The van der Waals surface area contributed by atoms with Crippen LogP contribution < -0.4 is 0 Å². The smallest absolute Gasteiger partial charge is 0.306 e. The predicted octanol–water partition coefficient (Wildman–Crippen LogP) is 0.873. The van der Waals surface area contributed by atoms with Gasteiger partial charge in [0.2, 0.25) is 0 Å². The summed E-state index contributed by atoms with van der Waals surface area (Å²) in [7, 11) is 4.01. The molecule has 1 aliphatic rings. The number of nitrogens with zero attached hydrogens (tertiary/aromatic N) is 4. The minimum absolute atomic E-state index is 0. The number of fused-ring (bicyclic) bond motifs is 1. The minimum Gasteiger partial charge on any atom is -0.481 e. The molecule has 0 saturated carbocycles. The number of carboxylic acid groups (broad SMARTS) is 1. The maximum absolute atomic E-state index is 11.0. The average Bonchev–Trinajstić information content (AvgIpc) is 2.68. The van der Waals surface area contributed by atoms with E-state index in [9.17, 15) is 4.79 Å². The third kappa shape index (κ3) is 4.33. The first-order valence-corrected chi connectivity index (χ1v) is 5.86. The summed E-state index contributed by atoms with van der Waals surface area (Å²) in [4.78, 5) is 13.1. The van der Waals surface area contributed by atoms with E-state index in [1.54, 1.807) is 0 Å². The summed E-state index contributed by atoms with van der Waals surface area (Å²) in [5, 5.41) is 17.3. The zero-order valence-electron chi connectivity index (χ0n) is 11.1. The van der Waals surface area contributed by atoms with Crippen molar-refractivity contribution in [2.75, 3.05) is 20.6 Å². The number of aliphatic carboxylic acids is 1. The topological polar surface area (TPSA) is 71.2 Å². The molecule has 1 atom stereocenters. The van der Waals surface area contributed by atoms with Crippen molar-refractivity contribution in [3.05, 3.63) is 11.4 Å². The van der Waals surface area contributed by atoms with E-state index >= 15 is 0 Å². The molecule has 0 fully saturated rings. The number of likely N-dealkylation sites (N-methyl/N-ethyl adjacent to an activating group) is 1. The molecular formula is C11H20Cl2N4O2. The molecule has 1 aliphatic carbocycles. The van der Waals surface area contributed by atoms with Gasteiger partial charge in [0.05, 0.1) is 23.9 Å². The molecule has 0 aliphatic heterocycles. The Labute approximate surface area is 125 Å². The second-order valence-corrected chi connectivity index (χ2v) is 4.79. The van der Waals surface area contributed by atoms with Gasteiger partial charge in [-0.1, -0.05) is 5.21 Å². The van der Waals surface area contributed by atoms with Crippen LogP contribution in [0.25, 0.3) is 0 Å². The highest BCUT2D eigenvalue weighted by atomic mass is 35.5. The van der Waals surface area contributed by atoms with E-state index in [1.165, 1.54) is 0 Å². The van der Waals surface area contributed by atoms with Crippen molar-refractivity contribution in [3.8, 4) is 0 Å². The van der Waals surface area contributed by atoms with Crippen molar-refractivity contribution in [1.29, 1.82) is 0 Å². The maximum Gasteiger partial charge on any atom is 0.306 e. The Morgan fingerprint density at radius 3 is 2.74 bits per heavy atom. The number of hydrogen-bond donors (Lipinski definition) is 1. The molecular weight excluding hydrogens is 291 g/mol. The molecule has 0 amide bonds. The van der Waals surface area contributed by atoms with Crippen molar-refractivity contribution < 1.29 is 9.90 Å². The number of rotatable bonds is 4. The molecule has 0 saturated heterocycles. The van der Waals surface area contributed by atoms with Crippen LogP contribution >= 0.6 is 24.8 Å². The Morgan fingerprint density at radius 2 is 2.16 bits per heavy atom. The molecule has 110 valence electrons. The summed E-state index contributed by atoms with van der Waals surface area (Å²) in [6.07, 6.45) is 1.97. The van der Waals surface area contributed by atoms with Crippen LogP contribution in [0.1, 0.15) is 17.8 Å². The number of halogens is 2. The summed E-state index contributed by atoms with van der Waals surface area (Å²) in [5.41, 5.74) is 1.98. The van der Waals surface area contributed by atoms with E-state index in [1.807, 2.05) is 18.8 Å². The van der Waals surface area contributed by atoms with E-state index < -0.39 is 5.97 Å². The first-order chi connectivity index (χ1) is 8.08. The molecule has 2 rings (SSSR count). The van der Waals surface area contributed by atoms with Crippen LogP contribution in [0.4, 0.5) is 0 Å². The van der Waals surface area contributed by atoms with Crippen LogP contribution in [0.2, 0.25) is 0 Å². The van der Waals surface area contributed by atoms with Crippen molar-refractivity contribution in [1.82, 2.24) is 19.9 Å². The molecule has 0 aromatic carbocycles. The quantitative estimate of drug-likeness (QED) is 0.893. The molecule has 1 unspecified atom stereocenters. The Bertz CT molecular complexity index is 423. The van der Waals surface area contributed by atoms with E-state index in [-0.39, 0.29) is 30.7 Å². The normalized spacial score (nSPS) is 17.3. The lowest BCUT2D eigenvalue weighted by Crippen LogP contribution is -2.26. The molecule has 1 N–H and O–H groups in total. The van der Waals surface area contributed by atoms with Gasteiger partial charge in [-0.05, 0) is 26.9 Å². The molecule has 0 bridgehead atoms. The number of aryl methyl sites for hydroxylation is 1. The lowest BCUT2D eigenvalue weighted by molar-refractivity contribution is -0.142. The highest BCUT2D eigenvalue weighted by Gasteiger charge is 2.28. The first-order valence-electron chi connectivity index (χ1n) is 5.86. The summed E-state index contributed by atoms with van der Waals surface area (Å²) >= 11 is 0. The van der Waals surface area contributed by atoms with Gasteiger partial charge < -0.3 is 10.0 Å². The number of carbonyl (C=O) groups is 1. The van der Waals surface area contributed by atoms with Gasteiger partial charge in [-0.2, -0.15) is 0 Å². The van der Waals surface area contributed by atoms with Crippen LogP contribution in [0.5, 0.6) is 0 Å². The average molecular weight is 311 g/mol. The molecule has 1 heterocycles. The Hall–Kier alpha value is -0.850. The first kappa shape index (κ1) is 18.1. The Kier molecular flexibility index (Phi) is 7.33. The third-order valence-electron chi connectivity index (χ3n) is 3.20. The van der Waals surface area contributed by atoms with Crippen LogP contribution in [0.15, 0.2) is 0 Å². The number of carboxylic acids is 1. The van der Waals surface area contributed by atoms with Gasteiger partial charge in [0.15, 0.2) is 0 Å². The van der Waals surface area contributed by atoms with Gasteiger partial charge in [-0.25, -0.2) is 4.68 Å². The van der Waals surface area contributed by atoms with Crippen LogP contribution in [-0.2, 0) is 24.2 Å². The van der Waals surface area contributed by atoms with Gasteiger partial charge in [0, 0.05) is 13.0 Å². The Balaban J connectivity index is 0.00000162. The molecule has 8 heteroatoms. The summed E-state index contributed by atoms with van der Waals surface area (Å²) in [6, 6.07) is 0. The van der Waals surface area contributed by atoms with Crippen LogP contribution in [0, 0.1) is 5.92 Å². The van der Waals surface area contributed by atoms with Crippen molar-refractivity contribution >= 4 is 30.8 Å². The number of aromatic nitrogens is 3. The lowest BCUT2D eigenvalue weighted by Gasteiger charge is -2.19. The fourth-order valence-corrected chi connectivity index (χ4v) is 2.12. The van der Waals surface area contributed by atoms with Crippen molar-refractivity contribution in [2.45, 2.75) is 25.8 Å². The molecule has 6 nitrogen and oxygen atoms in total. The summed E-state index contributed by atoms with van der Waals surface area (Å²) in [5.74, 6) is -0.991. The highest BCUT2D eigenvalue weighted by Crippen LogP contribution is 2.23. The van der Waals surface area contributed by atoms with Gasteiger partial charge in [0.1, 0.15) is 0 Å². The summed E-state index contributed by atoms with van der Waals surface area (Å²) < 4.78 is 1.85. The fraction of sp³-hybridized carbons (Fsp3) is 0.727. The second kappa shape index (κ2) is 7.67. The largest absolute Gasteiger partial charge is 0.481 e. The third-order valence-corrected chi connectivity index (χ3v) is 3.20. The second-order valence-electron chi connectivity index (χ2n) is 4.79. The van der Waals surface area contributed by atoms with Gasteiger partial charge >= 0.3 is 5.97 Å². The van der Waals surface area contributed by atoms with Crippen LogP contribution in [-0.4, -0.2) is 51.6 Å². The fourth-order valence-electron chi connectivity index (χ4n) is 2.12. The van der Waals surface area contributed by atoms with E-state index in [0.29, 0.717) is 12.8 Å². The van der Waals surface area contributed by atoms with Crippen molar-refractivity contribution in [2.24, 2.45) is 5.92 Å². The maximum atomic E-state index is 11.0. The van der Waals surface area contributed by atoms with E-state index in [0.717, 1.165) is 30.9 Å². The Morgan fingerprint density at radius 1 is 1.47 bits per heavy atom.